The quantitative estimate of drug-likeness (QED) is 0.459. The van der Waals surface area contributed by atoms with Crippen LogP contribution in [0, 0.1) is 5.41 Å². The highest BCUT2D eigenvalue weighted by Crippen LogP contribution is 2.22. The van der Waals surface area contributed by atoms with Crippen LogP contribution in [0.2, 0.25) is 0 Å². The van der Waals surface area contributed by atoms with E-state index in [0.717, 1.165) is 0 Å². The van der Waals surface area contributed by atoms with Crippen LogP contribution in [0.1, 0.15) is 31.1 Å². The Morgan fingerprint density at radius 3 is 2.09 bits per heavy atom. The van der Waals surface area contributed by atoms with E-state index in [4.69, 9.17) is 4.42 Å². The van der Waals surface area contributed by atoms with E-state index in [1.165, 1.54) is 0 Å². The van der Waals surface area contributed by atoms with Gasteiger partial charge in [-0.1, -0.05) is 32.9 Å². The number of hydrogen-bond acceptors (Lipinski definition) is 5. The molecule has 4 rings (SSSR count). The van der Waals surface area contributed by atoms with Crippen LogP contribution in [-0.2, 0) is 4.79 Å². The monoisotopic (exact) mass is 441 g/mol. The van der Waals surface area contributed by atoms with Crippen LogP contribution < -0.4 is 16.3 Å². The lowest BCUT2D eigenvalue weighted by Gasteiger charge is -2.17. The topological polar surface area (TPSA) is 101 Å². The minimum Gasteiger partial charge on any atom is -0.403 e. The summed E-state index contributed by atoms with van der Waals surface area (Å²) >= 11 is 0. The molecule has 0 aliphatic heterocycles. The summed E-state index contributed by atoms with van der Waals surface area (Å²) in [6.45, 7) is 5.50. The number of rotatable bonds is 4. The van der Waals surface area contributed by atoms with Crippen molar-refractivity contribution in [3.63, 3.8) is 0 Å². The maximum Gasteiger partial charge on any atom is 0.347 e. The Balaban J connectivity index is 1.45. The predicted molar refractivity (Wildman–Crippen MR) is 128 cm³/mol. The van der Waals surface area contributed by atoms with Gasteiger partial charge >= 0.3 is 5.63 Å². The zero-order valence-corrected chi connectivity index (χ0v) is 18.5. The summed E-state index contributed by atoms with van der Waals surface area (Å²) in [5.41, 5.74) is 1.88. The summed E-state index contributed by atoms with van der Waals surface area (Å²) in [4.78, 5) is 41.3. The molecule has 1 heterocycles. The zero-order valence-electron chi connectivity index (χ0n) is 18.5. The second-order valence-corrected chi connectivity index (χ2v) is 8.64. The first kappa shape index (κ1) is 22.0. The minimum absolute atomic E-state index is 0.100. The first-order chi connectivity index (χ1) is 15.7. The average Bonchev–Trinajstić information content (AvgIpc) is 2.79. The lowest BCUT2D eigenvalue weighted by Crippen LogP contribution is -2.27. The molecule has 4 aromatic rings. The number of carbonyl (C=O) groups excluding carboxylic acids is 2. The molecule has 0 spiro atoms. The van der Waals surface area contributed by atoms with Gasteiger partial charge in [0.15, 0.2) is 0 Å². The van der Waals surface area contributed by atoms with Crippen LogP contribution in [0.3, 0.4) is 0 Å². The molecule has 0 fully saturated rings. The normalized spacial score (nSPS) is 11.2. The number of amides is 2. The van der Waals surface area contributed by atoms with Crippen LogP contribution in [0.5, 0.6) is 0 Å². The van der Waals surface area contributed by atoms with Crippen LogP contribution >= 0.6 is 0 Å². The van der Waals surface area contributed by atoms with Crippen LogP contribution in [-0.4, -0.2) is 16.8 Å². The van der Waals surface area contributed by atoms with Gasteiger partial charge in [-0.05, 0) is 60.7 Å². The fourth-order valence-electron chi connectivity index (χ4n) is 3.07. The van der Waals surface area contributed by atoms with Crippen molar-refractivity contribution in [2.75, 3.05) is 10.6 Å². The zero-order chi connectivity index (χ0) is 23.6. The Hall–Kier alpha value is -4.26. The van der Waals surface area contributed by atoms with Gasteiger partial charge in [0.1, 0.15) is 0 Å². The van der Waals surface area contributed by atoms with Gasteiger partial charge in [-0.25, -0.2) is 9.78 Å². The maximum atomic E-state index is 12.6. The smallest absolute Gasteiger partial charge is 0.347 e. The summed E-state index contributed by atoms with van der Waals surface area (Å²) in [5, 5.41) is 6.08. The molecular formula is C26H23N3O4. The standard InChI is InChI=1S/C26H23N3O4/c1-26(2,3)25(32)28-19-12-8-16(9-13-19)22(30)27-18-14-10-17(11-15-18)23-29-21-7-5-4-6-20(21)24(31)33-23/h4-15H,1-3H3,(H,27,30)(H,28,32). The van der Waals surface area contributed by atoms with E-state index in [0.29, 0.717) is 33.4 Å². The van der Waals surface area contributed by atoms with E-state index in [9.17, 15) is 14.4 Å². The van der Waals surface area contributed by atoms with Gasteiger partial charge in [-0.2, -0.15) is 0 Å². The maximum absolute atomic E-state index is 12.6. The molecule has 2 N–H and O–H groups in total. The molecule has 7 heteroatoms. The van der Waals surface area contributed by atoms with Crippen molar-refractivity contribution in [1.29, 1.82) is 0 Å². The Kier molecular flexibility index (Phi) is 5.79. The number of benzene rings is 3. The number of carbonyl (C=O) groups is 2. The molecule has 0 unspecified atom stereocenters. The molecule has 2 amide bonds. The van der Waals surface area contributed by atoms with Crippen molar-refractivity contribution in [3.05, 3.63) is 88.8 Å². The van der Waals surface area contributed by atoms with E-state index in [2.05, 4.69) is 15.6 Å². The first-order valence-electron chi connectivity index (χ1n) is 10.4. The van der Waals surface area contributed by atoms with Crippen molar-refractivity contribution in [2.24, 2.45) is 5.41 Å². The fraction of sp³-hybridized carbons (Fsp3) is 0.154. The fourth-order valence-corrected chi connectivity index (χ4v) is 3.07. The Bertz CT molecular complexity index is 1380. The molecule has 0 atom stereocenters. The van der Waals surface area contributed by atoms with Gasteiger partial charge in [0.25, 0.3) is 5.91 Å². The van der Waals surface area contributed by atoms with Gasteiger partial charge in [0, 0.05) is 27.9 Å². The number of para-hydroxylation sites is 1. The third-order valence-electron chi connectivity index (χ3n) is 5.01. The molecule has 0 aliphatic carbocycles. The Morgan fingerprint density at radius 1 is 0.818 bits per heavy atom. The van der Waals surface area contributed by atoms with E-state index >= 15 is 0 Å². The lowest BCUT2D eigenvalue weighted by molar-refractivity contribution is -0.123. The van der Waals surface area contributed by atoms with Crippen LogP contribution in [0.4, 0.5) is 11.4 Å². The number of nitrogens with one attached hydrogen (secondary N) is 2. The third-order valence-corrected chi connectivity index (χ3v) is 5.01. The highest BCUT2D eigenvalue weighted by atomic mass is 16.4. The molecule has 3 aromatic carbocycles. The SMILES string of the molecule is CC(C)(C)C(=O)Nc1ccc(C(=O)Nc2ccc(-c3nc4ccccc4c(=O)o3)cc2)cc1. The number of hydrogen-bond donors (Lipinski definition) is 2. The summed E-state index contributed by atoms with van der Waals surface area (Å²) < 4.78 is 5.34. The molecule has 33 heavy (non-hydrogen) atoms. The second-order valence-electron chi connectivity index (χ2n) is 8.64. The van der Waals surface area contributed by atoms with Gasteiger partial charge in [-0.15, -0.1) is 0 Å². The van der Waals surface area contributed by atoms with E-state index in [1.807, 2.05) is 26.8 Å². The average molecular weight is 441 g/mol. The largest absolute Gasteiger partial charge is 0.403 e. The molecule has 0 bridgehead atoms. The highest BCUT2D eigenvalue weighted by molar-refractivity contribution is 6.04. The third kappa shape index (κ3) is 4.98. The van der Waals surface area contributed by atoms with Crippen molar-refractivity contribution in [1.82, 2.24) is 4.98 Å². The predicted octanol–water partition coefficient (Wildman–Crippen LogP) is 5.09. The molecule has 0 saturated carbocycles. The number of aromatic nitrogens is 1. The van der Waals surface area contributed by atoms with Crippen molar-refractivity contribution in [3.8, 4) is 11.5 Å². The van der Waals surface area contributed by atoms with Gasteiger partial charge < -0.3 is 15.1 Å². The van der Waals surface area contributed by atoms with Crippen LogP contribution in [0.15, 0.2) is 82.0 Å². The lowest BCUT2D eigenvalue weighted by atomic mass is 9.95. The van der Waals surface area contributed by atoms with Crippen LogP contribution in [0.25, 0.3) is 22.4 Å². The Labute approximate surface area is 190 Å². The summed E-state index contributed by atoms with van der Waals surface area (Å²) in [5.74, 6) is -0.173. The van der Waals surface area contributed by atoms with E-state index < -0.39 is 11.0 Å². The van der Waals surface area contributed by atoms with Gasteiger partial charge in [0.05, 0.1) is 10.9 Å². The first-order valence-corrected chi connectivity index (χ1v) is 10.4. The molecule has 0 aliphatic rings. The van der Waals surface area contributed by atoms with Gasteiger partial charge in [0.2, 0.25) is 11.8 Å². The van der Waals surface area contributed by atoms with E-state index in [-0.39, 0.29) is 17.7 Å². The molecule has 0 radical (unpaired) electrons. The summed E-state index contributed by atoms with van der Waals surface area (Å²) in [7, 11) is 0. The van der Waals surface area contributed by atoms with Crippen molar-refractivity contribution >= 4 is 34.1 Å². The minimum atomic E-state index is -0.507. The van der Waals surface area contributed by atoms with Gasteiger partial charge in [-0.3, -0.25) is 9.59 Å². The molecular weight excluding hydrogens is 418 g/mol. The molecule has 1 aromatic heterocycles. The summed E-state index contributed by atoms with van der Waals surface area (Å²) in [6, 6.07) is 20.5. The molecule has 166 valence electrons. The summed E-state index contributed by atoms with van der Waals surface area (Å²) in [6.07, 6.45) is 0. The number of nitrogens with zero attached hydrogens (tertiary/aromatic N) is 1. The molecule has 0 saturated heterocycles. The Morgan fingerprint density at radius 2 is 1.42 bits per heavy atom. The van der Waals surface area contributed by atoms with Crippen molar-refractivity contribution < 1.29 is 14.0 Å². The second kappa shape index (κ2) is 8.70. The number of fused-ring (bicyclic) bond motifs is 1. The number of anilines is 2. The van der Waals surface area contributed by atoms with E-state index in [1.54, 1.807) is 66.7 Å². The molecule has 7 nitrogen and oxygen atoms in total. The highest BCUT2D eigenvalue weighted by Gasteiger charge is 2.21. The van der Waals surface area contributed by atoms with Crippen molar-refractivity contribution in [2.45, 2.75) is 20.8 Å².